The van der Waals surface area contributed by atoms with Crippen LogP contribution in [0.3, 0.4) is 0 Å². The number of carbonyl (C=O) groups is 1. The average molecular weight is 153 g/mol. The molecule has 2 rings (SSSR count). The van der Waals surface area contributed by atoms with Crippen LogP contribution >= 0.6 is 0 Å². The SMILES string of the molecule is CC1CC(=O)CC(C2CC2)N1. The highest BCUT2D eigenvalue weighted by Gasteiger charge is 2.35. The molecule has 2 aliphatic rings. The summed E-state index contributed by atoms with van der Waals surface area (Å²) in [6, 6.07) is 0.938. The zero-order chi connectivity index (χ0) is 7.84. The van der Waals surface area contributed by atoms with Crippen molar-refractivity contribution in [1.82, 2.24) is 5.32 Å². The van der Waals surface area contributed by atoms with E-state index in [-0.39, 0.29) is 0 Å². The van der Waals surface area contributed by atoms with Gasteiger partial charge in [-0.05, 0) is 25.7 Å². The second-order valence-electron chi connectivity index (χ2n) is 3.96. The molecule has 2 nitrogen and oxygen atoms in total. The highest BCUT2D eigenvalue weighted by molar-refractivity contribution is 5.80. The van der Waals surface area contributed by atoms with Crippen molar-refractivity contribution in [1.29, 1.82) is 0 Å². The van der Waals surface area contributed by atoms with Gasteiger partial charge in [-0.1, -0.05) is 0 Å². The summed E-state index contributed by atoms with van der Waals surface area (Å²) < 4.78 is 0. The van der Waals surface area contributed by atoms with Gasteiger partial charge in [0, 0.05) is 24.9 Å². The topological polar surface area (TPSA) is 29.1 Å². The van der Waals surface area contributed by atoms with E-state index in [4.69, 9.17) is 0 Å². The van der Waals surface area contributed by atoms with Gasteiger partial charge in [0.25, 0.3) is 0 Å². The van der Waals surface area contributed by atoms with Gasteiger partial charge in [-0.2, -0.15) is 0 Å². The van der Waals surface area contributed by atoms with Crippen LogP contribution in [0.2, 0.25) is 0 Å². The summed E-state index contributed by atoms with van der Waals surface area (Å²) in [7, 11) is 0. The number of nitrogens with one attached hydrogen (secondary N) is 1. The van der Waals surface area contributed by atoms with E-state index >= 15 is 0 Å². The Morgan fingerprint density at radius 3 is 2.64 bits per heavy atom. The first kappa shape index (κ1) is 7.29. The van der Waals surface area contributed by atoms with E-state index in [1.807, 2.05) is 0 Å². The third-order valence-corrected chi connectivity index (χ3v) is 2.67. The van der Waals surface area contributed by atoms with Crippen molar-refractivity contribution in [3.05, 3.63) is 0 Å². The molecule has 1 N–H and O–H groups in total. The van der Waals surface area contributed by atoms with Crippen molar-refractivity contribution in [2.24, 2.45) is 5.92 Å². The molecule has 0 aromatic carbocycles. The minimum atomic E-state index is 0.418. The summed E-state index contributed by atoms with van der Waals surface area (Å²) in [5.41, 5.74) is 0. The Morgan fingerprint density at radius 2 is 2.09 bits per heavy atom. The zero-order valence-corrected chi connectivity index (χ0v) is 6.97. The van der Waals surface area contributed by atoms with E-state index in [1.54, 1.807) is 0 Å². The molecule has 0 radical (unpaired) electrons. The molecule has 2 unspecified atom stereocenters. The van der Waals surface area contributed by atoms with E-state index < -0.39 is 0 Å². The van der Waals surface area contributed by atoms with Gasteiger partial charge in [0.1, 0.15) is 5.78 Å². The average Bonchev–Trinajstić information content (AvgIpc) is 2.64. The fourth-order valence-electron chi connectivity index (χ4n) is 1.95. The van der Waals surface area contributed by atoms with E-state index in [9.17, 15) is 4.79 Å². The molecule has 11 heavy (non-hydrogen) atoms. The Labute approximate surface area is 67.4 Å². The Kier molecular flexibility index (Phi) is 1.72. The number of piperidine rings is 1. The maximum atomic E-state index is 11.2. The third-order valence-electron chi connectivity index (χ3n) is 2.67. The summed E-state index contributed by atoms with van der Waals surface area (Å²) in [4.78, 5) is 11.2. The molecular formula is C9H15NO. The van der Waals surface area contributed by atoms with Crippen molar-refractivity contribution < 1.29 is 4.79 Å². The van der Waals surface area contributed by atoms with Gasteiger partial charge in [0.05, 0.1) is 0 Å². The van der Waals surface area contributed by atoms with Gasteiger partial charge in [-0.3, -0.25) is 4.79 Å². The van der Waals surface area contributed by atoms with Crippen LogP contribution in [0, 0.1) is 5.92 Å². The fraction of sp³-hybridized carbons (Fsp3) is 0.889. The van der Waals surface area contributed by atoms with Crippen LogP contribution < -0.4 is 5.32 Å². The Balaban J connectivity index is 1.94. The number of hydrogen-bond donors (Lipinski definition) is 1. The molecular weight excluding hydrogens is 138 g/mol. The predicted molar refractivity (Wildman–Crippen MR) is 43.4 cm³/mol. The number of hydrogen-bond acceptors (Lipinski definition) is 2. The quantitative estimate of drug-likeness (QED) is 0.611. The summed E-state index contributed by atoms with van der Waals surface area (Å²) in [5.74, 6) is 1.27. The first-order valence-corrected chi connectivity index (χ1v) is 4.53. The third kappa shape index (κ3) is 1.62. The molecule has 0 amide bonds. The van der Waals surface area contributed by atoms with Crippen molar-refractivity contribution in [2.75, 3.05) is 0 Å². The molecule has 0 aromatic heterocycles. The lowest BCUT2D eigenvalue weighted by molar-refractivity contribution is -0.121. The summed E-state index contributed by atoms with van der Waals surface area (Å²) in [6.45, 7) is 2.10. The molecule has 62 valence electrons. The maximum Gasteiger partial charge on any atom is 0.136 e. The van der Waals surface area contributed by atoms with Gasteiger partial charge in [-0.15, -0.1) is 0 Å². The highest BCUT2D eigenvalue weighted by atomic mass is 16.1. The van der Waals surface area contributed by atoms with Gasteiger partial charge in [-0.25, -0.2) is 0 Å². The smallest absolute Gasteiger partial charge is 0.136 e. The van der Waals surface area contributed by atoms with Gasteiger partial charge >= 0.3 is 0 Å². The lowest BCUT2D eigenvalue weighted by Gasteiger charge is -2.27. The monoisotopic (exact) mass is 153 g/mol. The van der Waals surface area contributed by atoms with Crippen LogP contribution in [-0.4, -0.2) is 17.9 Å². The second-order valence-corrected chi connectivity index (χ2v) is 3.96. The summed E-state index contributed by atoms with van der Waals surface area (Å²) in [5, 5.41) is 3.49. The minimum Gasteiger partial charge on any atom is -0.310 e. The van der Waals surface area contributed by atoms with Crippen LogP contribution in [0.5, 0.6) is 0 Å². The molecule has 1 aliphatic carbocycles. The number of Topliss-reactive ketones (excluding diaryl/α,β-unsaturated/α-hetero) is 1. The van der Waals surface area contributed by atoms with Crippen LogP contribution in [0.4, 0.5) is 0 Å². The first-order valence-electron chi connectivity index (χ1n) is 4.53. The lowest BCUT2D eigenvalue weighted by Crippen LogP contribution is -2.45. The molecule has 2 fully saturated rings. The van der Waals surface area contributed by atoms with Gasteiger partial charge in [0.2, 0.25) is 0 Å². The summed E-state index contributed by atoms with van der Waals surface area (Å²) in [6.07, 6.45) is 4.19. The van der Waals surface area contributed by atoms with Crippen molar-refractivity contribution in [3.8, 4) is 0 Å². The van der Waals surface area contributed by atoms with Crippen LogP contribution in [-0.2, 0) is 4.79 Å². The zero-order valence-electron chi connectivity index (χ0n) is 6.97. The van der Waals surface area contributed by atoms with Gasteiger partial charge in [0.15, 0.2) is 0 Å². The van der Waals surface area contributed by atoms with E-state index in [1.165, 1.54) is 12.8 Å². The Hall–Kier alpha value is -0.370. The normalized spacial score (nSPS) is 39.2. The lowest BCUT2D eigenvalue weighted by atomic mass is 9.95. The van der Waals surface area contributed by atoms with Crippen LogP contribution in [0.1, 0.15) is 32.6 Å². The van der Waals surface area contributed by atoms with Gasteiger partial charge < -0.3 is 5.32 Å². The standard InChI is InChI=1S/C9H15NO/c1-6-4-8(11)5-9(10-6)7-2-3-7/h6-7,9-10H,2-5H2,1H3. The van der Waals surface area contributed by atoms with Crippen molar-refractivity contribution >= 4 is 5.78 Å². The second kappa shape index (κ2) is 2.59. The number of rotatable bonds is 1. The molecule has 0 spiro atoms. The molecule has 0 bridgehead atoms. The molecule has 1 heterocycles. The molecule has 2 heteroatoms. The minimum absolute atomic E-state index is 0.418. The predicted octanol–water partition coefficient (Wildman–Crippen LogP) is 1.11. The Morgan fingerprint density at radius 1 is 1.36 bits per heavy atom. The number of ketones is 1. The van der Waals surface area contributed by atoms with Crippen LogP contribution in [0.15, 0.2) is 0 Å². The van der Waals surface area contributed by atoms with E-state index in [0.29, 0.717) is 17.9 Å². The molecule has 0 aromatic rings. The molecule has 1 saturated carbocycles. The first-order chi connectivity index (χ1) is 5.25. The molecule has 1 saturated heterocycles. The van der Waals surface area contributed by atoms with Crippen LogP contribution in [0.25, 0.3) is 0 Å². The van der Waals surface area contributed by atoms with E-state index in [2.05, 4.69) is 12.2 Å². The fourth-order valence-corrected chi connectivity index (χ4v) is 1.95. The number of carbonyl (C=O) groups excluding carboxylic acids is 1. The molecule has 2 atom stereocenters. The maximum absolute atomic E-state index is 11.2. The summed E-state index contributed by atoms with van der Waals surface area (Å²) >= 11 is 0. The van der Waals surface area contributed by atoms with E-state index in [0.717, 1.165) is 18.8 Å². The van der Waals surface area contributed by atoms with Crippen molar-refractivity contribution in [3.63, 3.8) is 0 Å². The van der Waals surface area contributed by atoms with Crippen molar-refractivity contribution in [2.45, 2.75) is 44.7 Å². The Bertz CT molecular complexity index is 174. The highest BCUT2D eigenvalue weighted by Crippen LogP contribution is 2.35. The largest absolute Gasteiger partial charge is 0.310 e. The molecule has 1 aliphatic heterocycles.